The second-order valence-electron chi connectivity index (χ2n) is 6.97. The number of carbonyl (C=O) groups excluding carboxylic acids is 2. The van der Waals surface area contributed by atoms with Crippen LogP contribution in [0.3, 0.4) is 0 Å². The lowest BCUT2D eigenvalue weighted by Crippen LogP contribution is -2.45. The van der Waals surface area contributed by atoms with Gasteiger partial charge in [-0.05, 0) is 5.92 Å². The van der Waals surface area contributed by atoms with E-state index in [2.05, 4.69) is 5.32 Å². The number of aliphatic hydroxyl groups is 1. The van der Waals surface area contributed by atoms with Crippen LogP contribution >= 0.6 is 0 Å². The highest BCUT2D eigenvalue weighted by Gasteiger charge is 2.37. The monoisotopic (exact) mass is 394 g/mol. The number of carbonyl (C=O) groups is 2. The molecular formula is C20H30N2O6. The van der Waals surface area contributed by atoms with Crippen LogP contribution in [0.1, 0.15) is 26.7 Å². The number of ether oxygens (including phenoxy) is 3. The standard InChI is InChI=1S/C20H30N2O6/c1-6-12(2)15(11-23)21-20(25)13-7-18(24)22(10-13)14-8-16(26-3)19(28-5)17(9-14)27-4/h8-9,12-13,15,23H,6-7,10-11H2,1-5H3,(H,21,25)/t12-,13-,15-/m1/s1. The van der Waals surface area contributed by atoms with E-state index in [0.29, 0.717) is 22.9 Å². The molecule has 2 N–H and O–H groups in total. The molecule has 0 bridgehead atoms. The molecule has 0 aromatic heterocycles. The average Bonchev–Trinajstić information content (AvgIpc) is 3.11. The number of aliphatic hydroxyl groups excluding tert-OH is 1. The van der Waals surface area contributed by atoms with Gasteiger partial charge in [0, 0.05) is 25.1 Å². The Morgan fingerprint density at radius 1 is 1.25 bits per heavy atom. The first kappa shape index (κ1) is 21.8. The molecule has 1 saturated heterocycles. The maximum absolute atomic E-state index is 12.6. The molecule has 0 unspecified atom stereocenters. The third kappa shape index (κ3) is 4.49. The SMILES string of the molecule is CC[C@@H](C)[C@@H](CO)NC(=O)[C@@H]1CC(=O)N(c2cc(OC)c(OC)c(OC)c2)C1. The van der Waals surface area contributed by atoms with Crippen molar-refractivity contribution in [2.75, 3.05) is 39.4 Å². The van der Waals surface area contributed by atoms with Crippen molar-refractivity contribution in [3.63, 3.8) is 0 Å². The number of rotatable bonds is 9. The van der Waals surface area contributed by atoms with Gasteiger partial charge in [0.2, 0.25) is 17.6 Å². The minimum atomic E-state index is -0.482. The number of anilines is 1. The van der Waals surface area contributed by atoms with Gasteiger partial charge in [0.05, 0.1) is 45.6 Å². The molecule has 28 heavy (non-hydrogen) atoms. The quantitative estimate of drug-likeness (QED) is 0.660. The minimum absolute atomic E-state index is 0.112. The molecule has 2 amide bonds. The average molecular weight is 394 g/mol. The largest absolute Gasteiger partial charge is 0.493 e. The molecule has 8 nitrogen and oxygen atoms in total. The molecule has 0 aliphatic carbocycles. The van der Waals surface area contributed by atoms with Crippen molar-refractivity contribution < 1.29 is 28.9 Å². The molecule has 1 aliphatic rings. The molecule has 156 valence electrons. The summed E-state index contributed by atoms with van der Waals surface area (Å²) in [6, 6.07) is 3.06. The van der Waals surface area contributed by atoms with E-state index < -0.39 is 5.92 Å². The van der Waals surface area contributed by atoms with E-state index in [-0.39, 0.29) is 43.3 Å². The van der Waals surface area contributed by atoms with Gasteiger partial charge in [-0.3, -0.25) is 9.59 Å². The van der Waals surface area contributed by atoms with Gasteiger partial charge in [0.1, 0.15) is 0 Å². The van der Waals surface area contributed by atoms with Gasteiger partial charge in [0.15, 0.2) is 11.5 Å². The van der Waals surface area contributed by atoms with Gasteiger partial charge < -0.3 is 29.5 Å². The smallest absolute Gasteiger partial charge is 0.227 e. The number of amides is 2. The fourth-order valence-corrected chi connectivity index (χ4v) is 3.31. The molecule has 2 rings (SSSR count). The van der Waals surface area contributed by atoms with Gasteiger partial charge in [0.25, 0.3) is 0 Å². The molecule has 1 heterocycles. The summed E-state index contributed by atoms with van der Waals surface area (Å²) in [5.74, 6) is 0.612. The van der Waals surface area contributed by atoms with Crippen LogP contribution in [0.25, 0.3) is 0 Å². The molecular weight excluding hydrogens is 364 g/mol. The Labute approximate surface area is 165 Å². The van der Waals surface area contributed by atoms with E-state index in [0.717, 1.165) is 6.42 Å². The van der Waals surface area contributed by atoms with Crippen LogP contribution in [0.15, 0.2) is 12.1 Å². The zero-order valence-electron chi connectivity index (χ0n) is 17.2. The lowest BCUT2D eigenvalue weighted by molar-refractivity contribution is -0.127. The number of hydrogen-bond donors (Lipinski definition) is 2. The lowest BCUT2D eigenvalue weighted by atomic mass is 9.98. The van der Waals surface area contributed by atoms with Crippen LogP contribution < -0.4 is 24.4 Å². The molecule has 0 radical (unpaired) electrons. The zero-order chi connectivity index (χ0) is 20.8. The lowest BCUT2D eigenvalue weighted by Gasteiger charge is -2.24. The Balaban J connectivity index is 2.19. The number of nitrogens with zero attached hydrogens (tertiary/aromatic N) is 1. The number of nitrogens with one attached hydrogen (secondary N) is 1. The first-order valence-electron chi connectivity index (χ1n) is 9.41. The van der Waals surface area contributed by atoms with Gasteiger partial charge in [-0.1, -0.05) is 20.3 Å². The molecule has 1 aromatic carbocycles. The molecule has 3 atom stereocenters. The summed E-state index contributed by atoms with van der Waals surface area (Å²) in [7, 11) is 4.52. The summed E-state index contributed by atoms with van der Waals surface area (Å²) < 4.78 is 16.0. The number of benzene rings is 1. The fourth-order valence-electron chi connectivity index (χ4n) is 3.31. The van der Waals surface area contributed by atoms with Gasteiger partial charge >= 0.3 is 0 Å². The van der Waals surface area contributed by atoms with Crippen molar-refractivity contribution in [3.05, 3.63) is 12.1 Å². The number of methoxy groups -OCH3 is 3. The predicted molar refractivity (Wildman–Crippen MR) is 105 cm³/mol. The number of hydrogen-bond acceptors (Lipinski definition) is 6. The second-order valence-corrected chi connectivity index (χ2v) is 6.97. The summed E-state index contributed by atoms with van der Waals surface area (Å²) in [6.45, 7) is 4.11. The van der Waals surface area contributed by atoms with E-state index in [1.54, 1.807) is 17.0 Å². The predicted octanol–water partition coefficient (Wildman–Crippen LogP) is 1.59. The van der Waals surface area contributed by atoms with E-state index in [1.165, 1.54) is 21.3 Å². The Bertz CT molecular complexity index is 683. The van der Waals surface area contributed by atoms with E-state index in [4.69, 9.17) is 14.2 Å². The van der Waals surface area contributed by atoms with Crippen LogP contribution in [0.4, 0.5) is 5.69 Å². The summed E-state index contributed by atoms with van der Waals surface area (Å²) in [5, 5.41) is 12.4. The Kier molecular flexibility index (Phi) is 7.51. The first-order valence-corrected chi connectivity index (χ1v) is 9.41. The normalized spacial score (nSPS) is 18.6. The van der Waals surface area contributed by atoms with Crippen LogP contribution in [-0.4, -0.2) is 57.4 Å². The van der Waals surface area contributed by atoms with Crippen molar-refractivity contribution in [3.8, 4) is 17.2 Å². The summed E-state index contributed by atoms with van der Waals surface area (Å²) in [4.78, 5) is 26.8. The summed E-state index contributed by atoms with van der Waals surface area (Å²) >= 11 is 0. The second kappa shape index (κ2) is 9.64. The molecule has 1 aliphatic heterocycles. The fraction of sp³-hybridized carbons (Fsp3) is 0.600. The topological polar surface area (TPSA) is 97.3 Å². The van der Waals surface area contributed by atoms with Crippen LogP contribution in [-0.2, 0) is 9.59 Å². The summed E-state index contributed by atoms with van der Waals surface area (Å²) in [5.41, 5.74) is 0.579. The molecule has 0 saturated carbocycles. The zero-order valence-corrected chi connectivity index (χ0v) is 17.2. The molecule has 1 fully saturated rings. The third-order valence-electron chi connectivity index (χ3n) is 5.31. The first-order chi connectivity index (χ1) is 13.4. The van der Waals surface area contributed by atoms with Crippen LogP contribution in [0, 0.1) is 11.8 Å². The van der Waals surface area contributed by atoms with Crippen molar-refractivity contribution >= 4 is 17.5 Å². The Hall–Kier alpha value is -2.48. The molecule has 8 heteroatoms. The van der Waals surface area contributed by atoms with Gasteiger partial charge in [-0.2, -0.15) is 0 Å². The van der Waals surface area contributed by atoms with Gasteiger partial charge in [-0.15, -0.1) is 0 Å². The van der Waals surface area contributed by atoms with E-state index in [1.807, 2.05) is 13.8 Å². The van der Waals surface area contributed by atoms with Crippen LogP contribution in [0.2, 0.25) is 0 Å². The van der Waals surface area contributed by atoms with Gasteiger partial charge in [-0.25, -0.2) is 0 Å². The maximum atomic E-state index is 12.6. The Morgan fingerprint density at radius 3 is 2.32 bits per heavy atom. The maximum Gasteiger partial charge on any atom is 0.227 e. The van der Waals surface area contributed by atoms with Crippen molar-refractivity contribution in [1.29, 1.82) is 0 Å². The van der Waals surface area contributed by atoms with Crippen molar-refractivity contribution in [2.45, 2.75) is 32.7 Å². The third-order valence-corrected chi connectivity index (χ3v) is 5.31. The highest BCUT2D eigenvalue weighted by Crippen LogP contribution is 2.42. The summed E-state index contributed by atoms with van der Waals surface area (Å²) in [6.07, 6.45) is 0.952. The van der Waals surface area contributed by atoms with E-state index in [9.17, 15) is 14.7 Å². The highest BCUT2D eigenvalue weighted by molar-refractivity contribution is 6.00. The van der Waals surface area contributed by atoms with Crippen molar-refractivity contribution in [1.82, 2.24) is 5.32 Å². The van der Waals surface area contributed by atoms with Crippen molar-refractivity contribution in [2.24, 2.45) is 11.8 Å². The van der Waals surface area contributed by atoms with E-state index >= 15 is 0 Å². The molecule has 0 spiro atoms. The Morgan fingerprint density at radius 2 is 1.86 bits per heavy atom. The molecule has 1 aromatic rings. The van der Waals surface area contributed by atoms with Crippen LogP contribution in [0.5, 0.6) is 17.2 Å². The minimum Gasteiger partial charge on any atom is -0.493 e. The highest BCUT2D eigenvalue weighted by atomic mass is 16.5.